The van der Waals surface area contributed by atoms with Crippen molar-refractivity contribution >= 4 is 0 Å². The van der Waals surface area contributed by atoms with Crippen LogP contribution in [0.15, 0.2) is 24.5 Å². The maximum absolute atomic E-state index is 6.22. The summed E-state index contributed by atoms with van der Waals surface area (Å²) < 4.78 is 11.7. The smallest absolute Gasteiger partial charge is 0.138 e. The Bertz CT molecular complexity index is 447. The zero-order chi connectivity index (χ0) is 13.4. The SMILES string of the molecule is c1cncc(OC2C3CCC2N(CC2CCOC2)C3)c1. The first kappa shape index (κ1) is 12.6. The second kappa shape index (κ2) is 5.34. The van der Waals surface area contributed by atoms with Crippen molar-refractivity contribution in [1.82, 2.24) is 9.88 Å². The highest BCUT2D eigenvalue weighted by Crippen LogP contribution is 2.40. The third-order valence-electron chi connectivity index (χ3n) is 5.04. The van der Waals surface area contributed by atoms with Crippen LogP contribution in [-0.2, 0) is 4.74 Å². The minimum Gasteiger partial charge on any atom is -0.487 e. The molecule has 20 heavy (non-hydrogen) atoms. The molecule has 2 aliphatic heterocycles. The maximum atomic E-state index is 6.22. The Morgan fingerprint density at radius 1 is 1.35 bits per heavy atom. The van der Waals surface area contributed by atoms with Crippen LogP contribution >= 0.6 is 0 Å². The Morgan fingerprint density at radius 2 is 2.35 bits per heavy atom. The van der Waals surface area contributed by atoms with Crippen LogP contribution in [-0.4, -0.2) is 48.3 Å². The third kappa shape index (κ3) is 2.31. The van der Waals surface area contributed by atoms with E-state index >= 15 is 0 Å². The van der Waals surface area contributed by atoms with Crippen LogP contribution in [0.5, 0.6) is 5.75 Å². The minimum atomic E-state index is 0.363. The van der Waals surface area contributed by atoms with Crippen LogP contribution in [0.2, 0.25) is 0 Å². The van der Waals surface area contributed by atoms with Crippen LogP contribution in [0.1, 0.15) is 19.3 Å². The first-order valence-corrected chi connectivity index (χ1v) is 7.78. The first-order valence-electron chi connectivity index (χ1n) is 7.78. The fraction of sp³-hybridized carbons (Fsp3) is 0.688. The largest absolute Gasteiger partial charge is 0.487 e. The summed E-state index contributed by atoms with van der Waals surface area (Å²) in [6, 6.07) is 4.56. The molecular weight excluding hydrogens is 252 g/mol. The number of fused-ring (bicyclic) bond motifs is 2. The predicted octanol–water partition coefficient (Wildman–Crippen LogP) is 1.96. The van der Waals surface area contributed by atoms with Gasteiger partial charge in [0.25, 0.3) is 0 Å². The molecule has 1 saturated carbocycles. The molecule has 3 heterocycles. The van der Waals surface area contributed by atoms with E-state index in [9.17, 15) is 0 Å². The second-order valence-corrected chi connectivity index (χ2v) is 6.36. The summed E-state index contributed by atoms with van der Waals surface area (Å²) >= 11 is 0. The van der Waals surface area contributed by atoms with Crippen molar-refractivity contribution < 1.29 is 9.47 Å². The monoisotopic (exact) mass is 274 g/mol. The maximum Gasteiger partial charge on any atom is 0.138 e. The summed E-state index contributed by atoms with van der Waals surface area (Å²) in [6.07, 6.45) is 7.80. The molecule has 0 radical (unpaired) electrons. The molecule has 4 unspecified atom stereocenters. The number of piperidine rings is 1. The molecule has 3 fully saturated rings. The van der Waals surface area contributed by atoms with Crippen LogP contribution in [0, 0.1) is 11.8 Å². The molecule has 3 aliphatic rings. The van der Waals surface area contributed by atoms with Gasteiger partial charge >= 0.3 is 0 Å². The second-order valence-electron chi connectivity index (χ2n) is 6.36. The Labute approximate surface area is 120 Å². The molecule has 0 N–H and O–H groups in total. The molecule has 108 valence electrons. The lowest BCUT2D eigenvalue weighted by Crippen LogP contribution is -2.39. The molecule has 4 nitrogen and oxygen atoms in total. The van der Waals surface area contributed by atoms with E-state index < -0.39 is 0 Å². The van der Waals surface area contributed by atoms with Gasteiger partial charge in [0.05, 0.1) is 12.8 Å². The van der Waals surface area contributed by atoms with E-state index in [0.29, 0.717) is 18.1 Å². The highest BCUT2D eigenvalue weighted by molar-refractivity contribution is 5.17. The molecule has 2 bridgehead atoms. The molecule has 2 saturated heterocycles. The van der Waals surface area contributed by atoms with Crippen molar-refractivity contribution in [2.75, 3.05) is 26.3 Å². The van der Waals surface area contributed by atoms with Gasteiger partial charge in [-0.3, -0.25) is 9.88 Å². The van der Waals surface area contributed by atoms with Gasteiger partial charge in [-0.05, 0) is 37.3 Å². The van der Waals surface area contributed by atoms with Gasteiger partial charge in [0, 0.05) is 37.9 Å². The number of hydrogen-bond acceptors (Lipinski definition) is 4. The molecule has 1 aromatic rings. The van der Waals surface area contributed by atoms with Crippen molar-refractivity contribution in [1.29, 1.82) is 0 Å². The van der Waals surface area contributed by atoms with Crippen molar-refractivity contribution in [2.24, 2.45) is 11.8 Å². The summed E-state index contributed by atoms with van der Waals surface area (Å²) in [6.45, 7) is 4.28. The van der Waals surface area contributed by atoms with E-state index in [-0.39, 0.29) is 0 Å². The summed E-state index contributed by atoms with van der Waals surface area (Å²) in [5, 5.41) is 0. The van der Waals surface area contributed by atoms with E-state index in [1.807, 2.05) is 18.3 Å². The molecule has 0 aromatic carbocycles. The van der Waals surface area contributed by atoms with Crippen LogP contribution in [0.25, 0.3) is 0 Å². The zero-order valence-electron chi connectivity index (χ0n) is 11.8. The number of pyridine rings is 1. The Balaban J connectivity index is 1.41. The lowest BCUT2D eigenvalue weighted by Gasteiger charge is -2.29. The lowest BCUT2D eigenvalue weighted by molar-refractivity contribution is 0.124. The molecule has 4 heteroatoms. The molecule has 0 amide bonds. The molecular formula is C16H22N2O2. The normalized spacial score (nSPS) is 36.6. The van der Waals surface area contributed by atoms with Gasteiger partial charge in [-0.15, -0.1) is 0 Å². The van der Waals surface area contributed by atoms with E-state index in [1.165, 1.54) is 32.4 Å². The predicted molar refractivity (Wildman–Crippen MR) is 75.7 cm³/mol. The topological polar surface area (TPSA) is 34.6 Å². The Hall–Kier alpha value is -1.13. The van der Waals surface area contributed by atoms with Crippen molar-refractivity contribution in [2.45, 2.75) is 31.4 Å². The Morgan fingerprint density at radius 3 is 3.15 bits per heavy atom. The van der Waals surface area contributed by atoms with Crippen LogP contribution in [0.3, 0.4) is 0 Å². The third-order valence-corrected chi connectivity index (χ3v) is 5.04. The average molecular weight is 274 g/mol. The summed E-state index contributed by atoms with van der Waals surface area (Å²) in [7, 11) is 0. The van der Waals surface area contributed by atoms with Gasteiger partial charge in [-0.25, -0.2) is 0 Å². The van der Waals surface area contributed by atoms with Gasteiger partial charge in [0.2, 0.25) is 0 Å². The first-order chi connectivity index (χ1) is 9.90. The number of likely N-dealkylation sites (tertiary alicyclic amines) is 1. The van der Waals surface area contributed by atoms with Gasteiger partial charge in [0.1, 0.15) is 11.9 Å². The summed E-state index contributed by atoms with van der Waals surface area (Å²) in [5.41, 5.74) is 0. The van der Waals surface area contributed by atoms with Crippen molar-refractivity contribution in [3.8, 4) is 5.75 Å². The molecule has 4 rings (SSSR count). The zero-order valence-corrected chi connectivity index (χ0v) is 11.8. The van der Waals surface area contributed by atoms with Crippen LogP contribution in [0.4, 0.5) is 0 Å². The van der Waals surface area contributed by atoms with Gasteiger partial charge in [-0.2, -0.15) is 0 Å². The lowest BCUT2D eigenvalue weighted by atomic mass is 10.1. The minimum absolute atomic E-state index is 0.363. The number of aromatic nitrogens is 1. The molecule has 1 aromatic heterocycles. The standard InChI is InChI=1S/C16H22N2O2/c1-2-14(8-17-6-1)20-16-13-3-4-15(16)18(10-13)9-12-5-7-19-11-12/h1-2,6,8,12-13,15-16H,3-5,7,9-11H2. The highest BCUT2D eigenvalue weighted by Gasteiger charge is 2.48. The van der Waals surface area contributed by atoms with Crippen molar-refractivity contribution in [3.63, 3.8) is 0 Å². The van der Waals surface area contributed by atoms with Crippen molar-refractivity contribution in [3.05, 3.63) is 24.5 Å². The quantitative estimate of drug-likeness (QED) is 0.840. The number of rotatable bonds is 4. The Kier molecular flexibility index (Phi) is 3.36. The molecule has 4 atom stereocenters. The van der Waals surface area contributed by atoms with E-state index in [1.54, 1.807) is 6.20 Å². The molecule has 1 aliphatic carbocycles. The fourth-order valence-corrected chi connectivity index (χ4v) is 4.07. The summed E-state index contributed by atoms with van der Waals surface area (Å²) in [5.74, 6) is 2.34. The molecule has 0 spiro atoms. The fourth-order valence-electron chi connectivity index (χ4n) is 4.07. The highest BCUT2D eigenvalue weighted by atomic mass is 16.5. The average Bonchev–Trinajstić information content (AvgIpc) is 3.18. The van der Waals surface area contributed by atoms with Crippen LogP contribution < -0.4 is 4.74 Å². The van der Waals surface area contributed by atoms with E-state index in [4.69, 9.17) is 9.47 Å². The van der Waals surface area contributed by atoms with E-state index in [2.05, 4.69) is 9.88 Å². The van der Waals surface area contributed by atoms with Gasteiger partial charge in [0.15, 0.2) is 0 Å². The summed E-state index contributed by atoms with van der Waals surface area (Å²) in [4.78, 5) is 6.79. The van der Waals surface area contributed by atoms with E-state index in [0.717, 1.165) is 24.9 Å². The number of nitrogens with zero attached hydrogens (tertiary/aromatic N) is 2. The van der Waals surface area contributed by atoms with Gasteiger partial charge in [-0.1, -0.05) is 0 Å². The van der Waals surface area contributed by atoms with Gasteiger partial charge < -0.3 is 9.47 Å². The number of hydrogen-bond donors (Lipinski definition) is 0. The number of ether oxygens (including phenoxy) is 2.